The van der Waals surface area contributed by atoms with Crippen LogP contribution < -0.4 is 5.32 Å². The van der Waals surface area contributed by atoms with Gasteiger partial charge in [-0.15, -0.1) is 11.8 Å². The van der Waals surface area contributed by atoms with Gasteiger partial charge in [-0.2, -0.15) is 0 Å². The third kappa shape index (κ3) is 2.45. The Morgan fingerprint density at radius 2 is 2.29 bits per heavy atom. The molecule has 2 aliphatic rings. The van der Waals surface area contributed by atoms with E-state index in [-0.39, 0.29) is 16.7 Å². The van der Waals surface area contributed by atoms with E-state index >= 15 is 0 Å². The van der Waals surface area contributed by atoms with Crippen LogP contribution in [-0.2, 0) is 4.79 Å². The molecule has 1 aliphatic heterocycles. The SMILES string of the molecule is O=C(NC1(CBr)CC1)C1CCCCS1. The molecule has 0 aromatic heterocycles. The molecular weight excluding hydrogens is 262 g/mol. The second-order valence-corrected chi connectivity index (χ2v) is 6.13. The maximum Gasteiger partial charge on any atom is 0.233 e. The minimum Gasteiger partial charge on any atom is -0.349 e. The van der Waals surface area contributed by atoms with E-state index < -0.39 is 0 Å². The van der Waals surface area contributed by atoms with Gasteiger partial charge in [-0.25, -0.2) is 0 Å². The Labute approximate surface area is 97.7 Å². The molecule has 1 unspecified atom stereocenters. The summed E-state index contributed by atoms with van der Waals surface area (Å²) in [6.07, 6.45) is 5.84. The first kappa shape index (κ1) is 10.8. The van der Waals surface area contributed by atoms with E-state index in [0.717, 1.165) is 30.3 Å². The lowest BCUT2D eigenvalue weighted by Crippen LogP contribution is -2.43. The van der Waals surface area contributed by atoms with Crippen molar-refractivity contribution in [3.63, 3.8) is 0 Å². The summed E-state index contributed by atoms with van der Waals surface area (Å²) in [5.41, 5.74) is 0.120. The summed E-state index contributed by atoms with van der Waals surface area (Å²) in [7, 11) is 0. The molecule has 2 rings (SSSR count). The zero-order valence-electron chi connectivity index (χ0n) is 8.22. The summed E-state index contributed by atoms with van der Waals surface area (Å²) in [5, 5.41) is 4.31. The minimum absolute atomic E-state index is 0.120. The number of amides is 1. The van der Waals surface area contributed by atoms with Gasteiger partial charge in [0.2, 0.25) is 5.91 Å². The van der Waals surface area contributed by atoms with Gasteiger partial charge in [-0.3, -0.25) is 4.79 Å². The number of halogens is 1. The molecule has 0 bridgehead atoms. The molecule has 1 saturated heterocycles. The van der Waals surface area contributed by atoms with Gasteiger partial charge in [0, 0.05) is 10.9 Å². The van der Waals surface area contributed by atoms with E-state index in [1.165, 1.54) is 12.8 Å². The lowest BCUT2D eigenvalue weighted by atomic mass is 10.1. The molecule has 1 atom stereocenters. The molecule has 1 aliphatic carbocycles. The molecule has 1 N–H and O–H groups in total. The van der Waals surface area contributed by atoms with Crippen molar-refractivity contribution in [2.45, 2.75) is 42.9 Å². The van der Waals surface area contributed by atoms with Crippen LogP contribution in [-0.4, -0.2) is 27.8 Å². The van der Waals surface area contributed by atoms with Crippen molar-refractivity contribution in [1.82, 2.24) is 5.32 Å². The van der Waals surface area contributed by atoms with Crippen LogP contribution in [0, 0.1) is 0 Å². The zero-order chi connectivity index (χ0) is 10.0. The van der Waals surface area contributed by atoms with Gasteiger partial charge >= 0.3 is 0 Å². The summed E-state index contributed by atoms with van der Waals surface area (Å²) >= 11 is 5.29. The fraction of sp³-hybridized carbons (Fsp3) is 0.900. The first-order valence-electron chi connectivity index (χ1n) is 5.25. The highest BCUT2D eigenvalue weighted by molar-refractivity contribution is 9.09. The highest BCUT2D eigenvalue weighted by Crippen LogP contribution is 2.37. The molecule has 0 aromatic carbocycles. The van der Waals surface area contributed by atoms with Gasteiger partial charge in [-0.05, 0) is 31.4 Å². The van der Waals surface area contributed by atoms with Gasteiger partial charge in [0.15, 0.2) is 0 Å². The number of thioether (sulfide) groups is 1. The maximum atomic E-state index is 11.9. The Balaban J connectivity index is 1.82. The topological polar surface area (TPSA) is 29.1 Å². The summed E-state index contributed by atoms with van der Waals surface area (Å²) < 4.78 is 0. The van der Waals surface area contributed by atoms with Crippen LogP contribution in [0.2, 0.25) is 0 Å². The third-order valence-corrected chi connectivity index (χ3v) is 5.42. The Morgan fingerprint density at radius 3 is 2.79 bits per heavy atom. The van der Waals surface area contributed by atoms with Crippen molar-refractivity contribution >= 4 is 33.6 Å². The second-order valence-electron chi connectivity index (χ2n) is 4.26. The van der Waals surface area contributed by atoms with Crippen LogP contribution in [0.15, 0.2) is 0 Å². The lowest BCUT2D eigenvalue weighted by molar-refractivity contribution is -0.121. The molecule has 0 radical (unpaired) electrons. The molecule has 2 fully saturated rings. The van der Waals surface area contributed by atoms with Crippen LogP contribution in [0.5, 0.6) is 0 Å². The molecule has 1 amide bonds. The quantitative estimate of drug-likeness (QED) is 0.803. The average molecular weight is 278 g/mol. The average Bonchev–Trinajstić information content (AvgIpc) is 3.00. The highest BCUT2D eigenvalue weighted by atomic mass is 79.9. The summed E-state index contributed by atoms with van der Waals surface area (Å²) in [6, 6.07) is 0. The molecule has 80 valence electrons. The van der Waals surface area contributed by atoms with Gasteiger partial charge < -0.3 is 5.32 Å². The number of rotatable bonds is 3. The van der Waals surface area contributed by atoms with Gasteiger partial charge in [0.1, 0.15) is 0 Å². The first-order chi connectivity index (χ1) is 6.76. The van der Waals surface area contributed by atoms with Gasteiger partial charge in [-0.1, -0.05) is 22.4 Å². The molecule has 14 heavy (non-hydrogen) atoms. The standard InChI is InChI=1S/C10H16BrNOS/c11-7-10(4-5-10)12-9(13)8-3-1-2-6-14-8/h8H,1-7H2,(H,12,13). The van der Waals surface area contributed by atoms with Crippen LogP contribution >= 0.6 is 27.7 Å². The Bertz CT molecular complexity index is 224. The van der Waals surface area contributed by atoms with E-state index in [2.05, 4.69) is 21.2 Å². The van der Waals surface area contributed by atoms with Crippen molar-refractivity contribution in [2.75, 3.05) is 11.1 Å². The Hall–Kier alpha value is 0.300. The second kappa shape index (κ2) is 4.44. The molecule has 1 saturated carbocycles. The minimum atomic E-state index is 0.120. The summed E-state index contributed by atoms with van der Waals surface area (Å²) in [5.74, 6) is 1.42. The van der Waals surface area contributed by atoms with Crippen molar-refractivity contribution in [3.8, 4) is 0 Å². The smallest absolute Gasteiger partial charge is 0.233 e. The fourth-order valence-electron chi connectivity index (χ4n) is 1.73. The van der Waals surface area contributed by atoms with Crippen LogP contribution in [0.25, 0.3) is 0 Å². The predicted octanol–water partition coefficient (Wildman–Crippen LogP) is 2.32. The lowest BCUT2D eigenvalue weighted by Gasteiger charge is -2.23. The molecular formula is C10H16BrNOS. The van der Waals surface area contributed by atoms with Crippen LogP contribution in [0.3, 0.4) is 0 Å². The predicted molar refractivity (Wildman–Crippen MR) is 64.0 cm³/mol. The fourth-order valence-corrected chi connectivity index (χ4v) is 3.63. The number of carbonyl (C=O) groups excluding carboxylic acids is 1. The maximum absolute atomic E-state index is 11.9. The largest absolute Gasteiger partial charge is 0.349 e. The molecule has 4 heteroatoms. The van der Waals surface area contributed by atoms with Crippen molar-refractivity contribution < 1.29 is 4.79 Å². The van der Waals surface area contributed by atoms with Crippen molar-refractivity contribution in [1.29, 1.82) is 0 Å². The van der Waals surface area contributed by atoms with E-state index in [9.17, 15) is 4.79 Å². The molecule has 1 heterocycles. The van der Waals surface area contributed by atoms with Crippen molar-refractivity contribution in [2.24, 2.45) is 0 Å². The van der Waals surface area contributed by atoms with Gasteiger partial charge in [0.25, 0.3) is 0 Å². The zero-order valence-corrected chi connectivity index (χ0v) is 10.6. The van der Waals surface area contributed by atoms with Crippen molar-refractivity contribution in [3.05, 3.63) is 0 Å². The third-order valence-electron chi connectivity index (χ3n) is 2.97. The number of hydrogen-bond donors (Lipinski definition) is 1. The number of nitrogens with one attached hydrogen (secondary N) is 1. The number of alkyl halides is 1. The van der Waals surface area contributed by atoms with E-state index in [0.29, 0.717) is 0 Å². The summed E-state index contributed by atoms with van der Waals surface area (Å²) in [4.78, 5) is 11.9. The summed E-state index contributed by atoms with van der Waals surface area (Å²) in [6.45, 7) is 0. The van der Waals surface area contributed by atoms with E-state index in [1.54, 1.807) is 0 Å². The molecule has 0 aromatic rings. The van der Waals surface area contributed by atoms with Crippen LogP contribution in [0.4, 0.5) is 0 Å². The monoisotopic (exact) mass is 277 g/mol. The normalized spacial score (nSPS) is 29.6. The van der Waals surface area contributed by atoms with Gasteiger partial charge in [0.05, 0.1) is 5.25 Å². The Morgan fingerprint density at radius 1 is 1.50 bits per heavy atom. The van der Waals surface area contributed by atoms with E-state index in [1.807, 2.05) is 11.8 Å². The first-order valence-corrected chi connectivity index (χ1v) is 7.42. The van der Waals surface area contributed by atoms with E-state index in [4.69, 9.17) is 0 Å². The number of carbonyl (C=O) groups is 1. The van der Waals surface area contributed by atoms with Crippen LogP contribution in [0.1, 0.15) is 32.1 Å². The molecule has 0 spiro atoms. The molecule has 2 nitrogen and oxygen atoms in total. The highest BCUT2D eigenvalue weighted by Gasteiger charge is 2.43. The Kier molecular flexibility index (Phi) is 3.42. The number of hydrogen-bond acceptors (Lipinski definition) is 2.